The summed E-state index contributed by atoms with van der Waals surface area (Å²) >= 11 is 0. The monoisotopic (exact) mass is 343 g/mol. The van der Waals surface area contributed by atoms with Crippen molar-refractivity contribution in [2.24, 2.45) is 0 Å². The van der Waals surface area contributed by atoms with Crippen molar-refractivity contribution in [3.05, 3.63) is 35.4 Å². The molecule has 3 rings (SSSR count). The Balaban J connectivity index is 1.39. The Hall–Kier alpha value is -1.45. The second-order valence-electron chi connectivity index (χ2n) is 6.96. The van der Waals surface area contributed by atoms with Gasteiger partial charge in [-0.15, -0.1) is 0 Å². The highest BCUT2D eigenvalue weighted by Gasteiger charge is 2.22. The molecule has 0 saturated carbocycles. The Bertz CT molecular complexity index is 573. The number of hydrogen-bond donors (Lipinski definition) is 0. The van der Waals surface area contributed by atoms with Gasteiger partial charge in [0, 0.05) is 45.4 Å². The Morgan fingerprint density at radius 1 is 1.28 bits per heavy atom. The van der Waals surface area contributed by atoms with Gasteiger partial charge >= 0.3 is 0 Å². The second-order valence-corrected chi connectivity index (χ2v) is 6.96. The van der Waals surface area contributed by atoms with Crippen molar-refractivity contribution in [3.8, 4) is 6.07 Å². The lowest BCUT2D eigenvalue weighted by atomic mass is 10.0. The number of rotatable bonds is 6. The van der Waals surface area contributed by atoms with Crippen molar-refractivity contribution < 1.29 is 9.47 Å². The minimum Gasteiger partial charge on any atom is -0.353 e. The second kappa shape index (κ2) is 9.30. The van der Waals surface area contributed by atoms with Crippen molar-refractivity contribution in [2.45, 2.75) is 38.5 Å². The molecule has 2 saturated heterocycles. The maximum atomic E-state index is 9.07. The van der Waals surface area contributed by atoms with Crippen LogP contribution in [-0.2, 0) is 9.47 Å². The van der Waals surface area contributed by atoms with Gasteiger partial charge in [0.25, 0.3) is 0 Å². The van der Waals surface area contributed by atoms with Gasteiger partial charge in [-0.2, -0.15) is 5.26 Å². The predicted octanol–water partition coefficient (Wildman–Crippen LogP) is 2.78. The predicted molar refractivity (Wildman–Crippen MR) is 97.1 cm³/mol. The van der Waals surface area contributed by atoms with Gasteiger partial charge in [-0.1, -0.05) is 12.1 Å². The molecule has 2 fully saturated rings. The van der Waals surface area contributed by atoms with Gasteiger partial charge in [0.2, 0.25) is 0 Å². The smallest absolute Gasteiger partial charge is 0.157 e. The van der Waals surface area contributed by atoms with Crippen molar-refractivity contribution in [3.63, 3.8) is 0 Å². The van der Waals surface area contributed by atoms with E-state index in [1.165, 1.54) is 12.0 Å². The SMILES string of the molecule is C[C@H](c1cccc(C#N)c1)N1CCN(CCO[C@@H]2CCCCO2)CC1. The van der Waals surface area contributed by atoms with Gasteiger partial charge in [0.1, 0.15) is 0 Å². The van der Waals surface area contributed by atoms with Crippen LogP contribution in [0.2, 0.25) is 0 Å². The third-order valence-electron chi connectivity index (χ3n) is 5.30. The molecule has 0 radical (unpaired) electrons. The van der Waals surface area contributed by atoms with E-state index >= 15 is 0 Å². The molecular weight excluding hydrogens is 314 g/mol. The van der Waals surface area contributed by atoms with Crippen molar-refractivity contribution in [2.75, 3.05) is 45.9 Å². The number of nitriles is 1. The summed E-state index contributed by atoms with van der Waals surface area (Å²) in [4.78, 5) is 4.97. The first-order valence-corrected chi connectivity index (χ1v) is 9.46. The van der Waals surface area contributed by atoms with Crippen molar-refractivity contribution in [1.82, 2.24) is 9.80 Å². The lowest BCUT2D eigenvalue weighted by Crippen LogP contribution is -2.48. The van der Waals surface area contributed by atoms with E-state index in [9.17, 15) is 0 Å². The lowest BCUT2D eigenvalue weighted by molar-refractivity contribution is -0.164. The van der Waals surface area contributed by atoms with E-state index in [4.69, 9.17) is 14.7 Å². The highest BCUT2D eigenvalue weighted by Crippen LogP contribution is 2.22. The Morgan fingerprint density at radius 2 is 2.12 bits per heavy atom. The van der Waals surface area contributed by atoms with Gasteiger partial charge in [-0.05, 0) is 43.9 Å². The lowest BCUT2D eigenvalue weighted by Gasteiger charge is -2.38. The Morgan fingerprint density at radius 3 is 2.84 bits per heavy atom. The molecule has 2 heterocycles. The maximum Gasteiger partial charge on any atom is 0.157 e. The zero-order valence-corrected chi connectivity index (χ0v) is 15.2. The Kier molecular flexibility index (Phi) is 6.83. The Labute approximate surface area is 151 Å². The molecule has 1 aromatic carbocycles. The summed E-state index contributed by atoms with van der Waals surface area (Å²) in [7, 11) is 0. The molecule has 5 heteroatoms. The highest BCUT2D eigenvalue weighted by atomic mass is 16.7. The third-order valence-corrected chi connectivity index (χ3v) is 5.30. The molecule has 0 aromatic heterocycles. The first-order chi connectivity index (χ1) is 12.3. The molecule has 1 aromatic rings. The van der Waals surface area contributed by atoms with E-state index in [1.54, 1.807) is 0 Å². The fourth-order valence-corrected chi connectivity index (χ4v) is 3.61. The largest absolute Gasteiger partial charge is 0.353 e. The number of ether oxygens (including phenoxy) is 2. The molecule has 2 atom stereocenters. The van der Waals surface area contributed by atoms with Crippen LogP contribution in [-0.4, -0.2) is 62.0 Å². The normalized spacial score (nSPS) is 23.9. The summed E-state index contributed by atoms with van der Waals surface area (Å²) in [6.45, 7) is 9.05. The molecule has 5 nitrogen and oxygen atoms in total. The average Bonchev–Trinajstić information content (AvgIpc) is 2.69. The zero-order valence-electron chi connectivity index (χ0n) is 15.2. The van der Waals surface area contributed by atoms with Gasteiger partial charge in [-0.3, -0.25) is 9.80 Å². The molecule has 0 unspecified atom stereocenters. The van der Waals surface area contributed by atoms with E-state index in [0.29, 0.717) is 6.04 Å². The van der Waals surface area contributed by atoms with Crippen LogP contribution in [0.15, 0.2) is 24.3 Å². The maximum absolute atomic E-state index is 9.07. The molecule has 0 amide bonds. The summed E-state index contributed by atoms with van der Waals surface area (Å²) in [6, 6.07) is 10.6. The molecule has 25 heavy (non-hydrogen) atoms. The van der Waals surface area contributed by atoms with E-state index in [1.807, 2.05) is 18.2 Å². The summed E-state index contributed by atoms with van der Waals surface area (Å²) in [5.74, 6) is 0. The van der Waals surface area contributed by atoms with E-state index < -0.39 is 0 Å². The fourth-order valence-electron chi connectivity index (χ4n) is 3.61. The molecule has 2 aliphatic heterocycles. The van der Waals surface area contributed by atoms with Gasteiger partial charge < -0.3 is 9.47 Å². The van der Waals surface area contributed by atoms with E-state index in [-0.39, 0.29) is 6.29 Å². The topological polar surface area (TPSA) is 48.7 Å². The molecule has 0 spiro atoms. The van der Waals surface area contributed by atoms with Crippen LogP contribution in [0.4, 0.5) is 0 Å². The van der Waals surface area contributed by atoms with Crippen LogP contribution in [0, 0.1) is 11.3 Å². The molecule has 0 aliphatic carbocycles. The first kappa shape index (κ1) is 18.3. The molecule has 136 valence electrons. The van der Waals surface area contributed by atoms with Crippen LogP contribution in [0.5, 0.6) is 0 Å². The van der Waals surface area contributed by atoms with Gasteiger partial charge in [0.05, 0.1) is 18.2 Å². The minimum atomic E-state index is 0.0162. The minimum absolute atomic E-state index is 0.0162. The standard InChI is InChI=1S/C20H29N3O2/c1-17(19-6-4-5-18(15-19)16-21)23-10-8-22(9-11-23)12-14-25-20-7-2-3-13-24-20/h4-6,15,17,20H,2-3,7-14H2,1H3/t17-,20-/m1/s1. The molecule has 0 bridgehead atoms. The number of nitrogens with zero attached hydrogens (tertiary/aromatic N) is 3. The average molecular weight is 343 g/mol. The summed E-state index contributed by atoms with van der Waals surface area (Å²) in [6.07, 6.45) is 3.43. The van der Waals surface area contributed by atoms with Gasteiger partial charge in [-0.25, -0.2) is 0 Å². The third kappa shape index (κ3) is 5.26. The van der Waals surface area contributed by atoms with E-state index in [2.05, 4.69) is 28.9 Å². The van der Waals surface area contributed by atoms with Crippen LogP contribution in [0.25, 0.3) is 0 Å². The quantitative estimate of drug-likeness (QED) is 0.795. The van der Waals surface area contributed by atoms with Crippen molar-refractivity contribution >= 4 is 0 Å². The molecular formula is C20H29N3O2. The van der Waals surface area contributed by atoms with Gasteiger partial charge in [0.15, 0.2) is 6.29 Å². The van der Waals surface area contributed by atoms with Crippen molar-refractivity contribution in [1.29, 1.82) is 5.26 Å². The highest BCUT2D eigenvalue weighted by molar-refractivity contribution is 5.34. The zero-order chi connectivity index (χ0) is 17.5. The van der Waals surface area contributed by atoms with E-state index in [0.717, 1.165) is 64.3 Å². The number of benzene rings is 1. The fraction of sp³-hybridized carbons (Fsp3) is 0.650. The number of hydrogen-bond acceptors (Lipinski definition) is 5. The first-order valence-electron chi connectivity index (χ1n) is 9.46. The van der Waals surface area contributed by atoms with Crippen LogP contribution in [0.3, 0.4) is 0 Å². The van der Waals surface area contributed by atoms with Crippen LogP contribution >= 0.6 is 0 Å². The molecule has 0 N–H and O–H groups in total. The molecule has 2 aliphatic rings. The van der Waals surface area contributed by atoms with Crippen LogP contribution < -0.4 is 0 Å². The summed E-state index contributed by atoms with van der Waals surface area (Å²) in [5, 5.41) is 9.07. The van der Waals surface area contributed by atoms with Crippen LogP contribution in [0.1, 0.15) is 43.4 Å². The summed E-state index contributed by atoms with van der Waals surface area (Å²) < 4.78 is 11.5. The number of piperazine rings is 1. The summed E-state index contributed by atoms with van der Waals surface area (Å²) in [5.41, 5.74) is 1.97.